The van der Waals surface area contributed by atoms with Crippen molar-refractivity contribution in [1.29, 1.82) is 0 Å². The lowest BCUT2D eigenvalue weighted by Crippen LogP contribution is -2.18. The molecular weight excluding hydrogens is 348 g/mol. The van der Waals surface area contributed by atoms with Gasteiger partial charge in [-0.05, 0) is 28.1 Å². The predicted octanol–water partition coefficient (Wildman–Crippen LogP) is 2.46. The van der Waals surface area contributed by atoms with E-state index in [9.17, 15) is 4.79 Å². The molecule has 3 aromatic heterocycles. The van der Waals surface area contributed by atoms with Crippen LogP contribution in [-0.2, 0) is 0 Å². The molecule has 0 unspecified atom stereocenters. The van der Waals surface area contributed by atoms with Gasteiger partial charge in [-0.25, -0.2) is 15.0 Å². The highest BCUT2D eigenvalue weighted by molar-refractivity contribution is 9.10. The van der Waals surface area contributed by atoms with Crippen LogP contribution in [0.25, 0.3) is 17.2 Å². The van der Waals surface area contributed by atoms with E-state index in [0.29, 0.717) is 17.5 Å². The molecule has 7 heteroatoms. The third-order valence-electron chi connectivity index (χ3n) is 2.96. The van der Waals surface area contributed by atoms with E-state index in [1.807, 2.05) is 12.1 Å². The smallest absolute Gasteiger partial charge is 0.257 e. The summed E-state index contributed by atoms with van der Waals surface area (Å²) in [5.41, 5.74) is 1.25. The van der Waals surface area contributed by atoms with Crippen LogP contribution in [0.3, 0.4) is 0 Å². The minimum atomic E-state index is -0.214. The highest BCUT2D eigenvalue weighted by Crippen LogP contribution is 2.19. The zero-order valence-electron chi connectivity index (χ0n) is 11.6. The van der Waals surface area contributed by atoms with Gasteiger partial charge in [-0.1, -0.05) is 6.07 Å². The molecule has 0 amide bonds. The van der Waals surface area contributed by atoms with Crippen molar-refractivity contribution in [3.05, 3.63) is 63.7 Å². The molecular formula is C15H11BrN4O2. The molecule has 3 heterocycles. The van der Waals surface area contributed by atoms with Gasteiger partial charge in [0, 0.05) is 36.3 Å². The molecule has 6 nitrogen and oxygen atoms in total. The summed E-state index contributed by atoms with van der Waals surface area (Å²) in [4.78, 5) is 24.7. The molecule has 0 aliphatic heterocycles. The number of pyridine rings is 2. The molecule has 0 spiro atoms. The molecule has 0 bridgehead atoms. The number of halogens is 1. The van der Waals surface area contributed by atoms with Crippen LogP contribution >= 0.6 is 15.9 Å². The Labute approximate surface area is 134 Å². The van der Waals surface area contributed by atoms with Crippen LogP contribution in [0.2, 0.25) is 0 Å². The molecule has 0 aliphatic rings. The third-order valence-corrected chi connectivity index (χ3v) is 3.37. The summed E-state index contributed by atoms with van der Waals surface area (Å²) in [7, 11) is 1.56. The summed E-state index contributed by atoms with van der Waals surface area (Å²) >= 11 is 3.27. The Morgan fingerprint density at radius 2 is 1.91 bits per heavy atom. The monoisotopic (exact) mass is 358 g/mol. The number of methoxy groups -OCH3 is 1. The quantitative estimate of drug-likeness (QED) is 0.719. The van der Waals surface area contributed by atoms with Crippen molar-refractivity contribution in [2.24, 2.45) is 0 Å². The van der Waals surface area contributed by atoms with Gasteiger partial charge in [0.05, 0.1) is 17.3 Å². The summed E-state index contributed by atoms with van der Waals surface area (Å²) in [6, 6.07) is 8.61. The first-order valence-electron chi connectivity index (χ1n) is 6.39. The summed E-state index contributed by atoms with van der Waals surface area (Å²) in [6.45, 7) is 0. The summed E-state index contributed by atoms with van der Waals surface area (Å²) < 4.78 is 7.24. The zero-order valence-corrected chi connectivity index (χ0v) is 13.2. The van der Waals surface area contributed by atoms with E-state index in [4.69, 9.17) is 4.74 Å². The Morgan fingerprint density at radius 1 is 1.14 bits per heavy atom. The first-order valence-corrected chi connectivity index (χ1v) is 7.19. The van der Waals surface area contributed by atoms with Gasteiger partial charge < -0.3 is 4.74 Å². The van der Waals surface area contributed by atoms with Gasteiger partial charge in [-0.15, -0.1) is 0 Å². The molecule has 110 valence electrons. The molecule has 0 radical (unpaired) electrons. The number of rotatable bonds is 3. The van der Waals surface area contributed by atoms with Crippen LogP contribution in [0, 0.1) is 0 Å². The van der Waals surface area contributed by atoms with Crippen molar-refractivity contribution >= 4 is 15.9 Å². The van der Waals surface area contributed by atoms with Crippen molar-refractivity contribution in [2.45, 2.75) is 0 Å². The molecule has 22 heavy (non-hydrogen) atoms. The Hall–Kier alpha value is -2.54. The largest absolute Gasteiger partial charge is 0.481 e. The topological polar surface area (TPSA) is 69.9 Å². The van der Waals surface area contributed by atoms with Gasteiger partial charge in [0.15, 0.2) is 0 Å². The highest BCUT2D eigenvalue weighted by atomic mass is 79.9. The van der Waals surface area contributed by atoms with Crippen LogP contribution in [-0.4, -0.2) is 26.6 Å². The van der Waals surface area contributed by atoms with E-state index in [1.54, 1.807) is 37.8 Å². The molecule has 0 atom stereocenters. The molecule has 0 fully saturated rings. The van der Waals surface area contributed by atoms with Gasteiger partial charge in [0.2, 0.25) is 11.8 Å². The fraction of sp³-hybridized carbons (Fsp3) is 0.0667. The van der Waals surface area contributed by atoms with Crippen LogP contribution < -0.4 is 10.3 Å². The second-order valence-electron chi connectivity index (χ2n) is 4.39. The first kappa shape index (κ1) is 14.4. The first-order chi connectivity index (χ1) is 10.7. The average Bonchev–Trinajstić information content (AvgIpc) is 2.56. The van der Waals surface area contributed by atoms with Gasteiger partial charge >= 0.3 is 0 Å². The molecule has 0 aliphatic carbocycles. The van der Waals surface area contributed by atoms with E-state index in [1.165, 1.54) is 10.6 Å². The van der Waals surface area contributed by atoms with Gasteiger partial charge in [-0.3, -0.25) is 9.36 Å². The summed E-state index contributed by atoms with van der Waals surface area (Å²) in [5.74, 6) is 0.813. The molecule has 0 saturated heterocycles. The van der Waals surface area contributed by atoms with E-state index < -0.39 is 0 Å². The maximum absolute atomic E-state index is 12.0. The second-order valence-corrected chi connectivity index (χ2v) is 5.31. The number of nitrogens with zero attached hydrogens (tertiary/aromatic N) is 4. The maximum atomic E-state index is 12.0. The van der Waals surface area contributed by atoms with Crippen molar-refractivity contribution in [1.82, 2.24) is 19.5 Å². The number of aromatic nitrogens is 4. The lowest BCUT2D eigenvalue weighted by molar-refractivity contribution is 0.398. The fourth-order valence-corrected chi connectivity index (χ4v) is 2.12. The molecule has 0 saturated carbocycles. The van der Waals surface area contributed by atoms with E-state index in [-0.39, 0.29) is 5.56 Å². The maximum Gasteiger partial charge on any atom is 0.257 e. The van der Waals surface area contributed by atoms with Crippen LogP contribution in [0.5, 0.6) is 5.88 Å². The molecule has 3 rings (SSSR count). The van der Waals surface area contributed by atoms with Gasteiger partial charge in [-0.2, -0.15) is 0 Å². The zero-order chi connectivity index (χ0) is 15.5. The van der Waals surface area contributed by atoms with Crippen LogP contribution in [0.15, 0.2) is 58.2 Å². The lowest BCUT2D eigenvalue weighted by Gasteiger charge is -2.07. The number of hydrogen-bond acceptors (Lipinski definition) is 5. The van der Waals surface area contributed by atoms with Gasteiger partial charge in [0.25, 0.3) is 5.56 Å². The van der Waals surface area contributed by atoms with E-state index in [2.05, 4.69) is 30.9 Å². The Bertz CT molecular complexity index is 862. The van der Waals surface area contributed by atoms with E-state index >= 15 is 0 Å². The van der Waals surface area contributed by atoms with Gasteiger partial charge in [0.1, 0.15) is 0 Å². The van der Waals surface area contributed by atoms with Crippen molar-refractivity contribution in [3.8, 4) is 23.1 Å². The molecule has 0 aromatic carbocycles. The molecule has 0 N–H and O–H groups in total. The minimum Gasteiger partial charge on any atom is -0.481 e. The van der Waals surface area contributed by atoms with Crippen LogP contribution in [0.1, 0.15) is 0 Å². The standard InChI is InChI=1S/C15H11BrN4O2/c1-22-13-4-2-3-12(19-13)10-5-6-14(21)20(9-10)15-17-7-11(16)8-18-15/h2-9H,1H3. The summed E-state index contributed by atoms with van der Waals surface area (Å²) in [6.07, 6.45) is 4.84. The highest BCUT2D eigenvalue weighted by Gasteiger charge is 2.07. The van der Waals surface area contributed by atoms with Crippen molar-refractivity contribution in [2.75, 3.05) is 7.11 Å². The Kier molecular flexibility index (Phi) is 3.97. The lowest BCUT2D eigenvalue weighted by atomic mass is 10.2. The predicted molar refractivity (Wildman–Crippen MR) is 85.1 cm³/mol. The Balaban J connectivity index is 2.09. The Morgan fingerprint density at radius 3 is 2.64 bits per heavy atom. The molecule has 3 aromatic rings. The minimum absolute atomic E-state index is 0.214. The fourth-order valence-electron chi connectivity index (χ4n) is 1.91. The normalized spacial score (nSPS) is 10.5. The third kappa shape index (κ3) is 2.89. The van der Waals surface area contributed by atoms with E-state index in [0.717, 1.165) is 10.0 Å². The summed E-state index contributed by atoms with van der Waals surface area (Å²) in [5, 5.41) is 0. The van der Waals surface area contributed by atoms with Crippen molar-refractivity contribution < 1.29 is 4.74 Å². The van der Waals surface area contributed by atoms with Crippen molar-refractivity contribution in [3.63, 3.8) is 0 Å². The number of hydrogen-bond donors (Lipinski definition) is 0. The average molecular weight is 359 g/mol. The SMILES string of the molecule is COc1cccc(-c2ccc(=O)n(-c3ncc(Br)cn3)c2)n1. The second kappa shape index (κ2) is 6.07. The number of ether oxygens (including phenoxy) is 1. The van der Waals surface area contributed by atoms with Crippen LogP contribution in [0.4, 0.5) is 0 Å².